The van der Waals surface area contributed by atoms with Crippen molar-refractivity contribution in [1.29, 1.82) is 0 Å². The van der Waals surface area contributed by atoms with E-state index < -0.39 is 55.2 Å². The zero-order valence-electron chi connectivity index (χ0n) is 18.0. The first-order valence-electron chi connectivity index (χ1n) is 9.94. The summed E-state index contributed by atoms with van der Waals surface area (Å²) in [6, 6.07) is 6.35. The second-order valence-electron chi connectivity index (χ2n) is 7.50. The van der Waals surface area contributed by atoms with Gasteiger partial charge in [0.15, 0.2) is 5.82 Å². The monoisotopic (exact) mass is 533 g/mol. The number of halogens is 2. The van der Waals surface area contributed by atoms with Gasteiger partial charge in [0.1, 0.15) is 21.3 Å². The molecule has 5 aromatic rings. The van der Waals surface area contributed by atoms with Gasteiger partial charge in [-0.15, -0.1) is 11.3 Å². The molecule has 0 saturated carbocycles. The fourth-order valence-electron chi connectivity index (χ4n) is 3.86. The fourth-order valence-corrected chi connectivity index (χ4v) is 6.20. The van der Waals surface area contributed by atoms with Crippen molar-refractivity contribution in [2.75, 3.05) is 7.11 Å². The van der Waals surface area contributed by atoms with Gasteiger partial charge in [-0.3, -0.25) is 4.79 Å². The van der Waals surface area contributed by atoms with E-state index in [-0.39, 0.29) is 21.3 Å². The number of thiophene rings is 1. The number of ether oxygens (including phenoxy) is 1. The van der Waals surface area contributed by atoms with Crippen molar-refractivity contribution < 1.29 is 31.8 Å². The number of H-pyrrole nitrogens is 1. The van der Waals surface area contributed by atoms with Crippen molar-refractivity contribution in [1.82, 2.24) is 13.5 Å². The van der Waals surface area contributed by atoms with Crippen LogP contribution in [0.4, 0.5) is 8.78 Å². The predicted octanol–water partition coefficient (Wildman–Crippen LogP) is 2.92. The Bertz CT molecular complexity index is 1950. The number of hydrogen-bond acceptors (Lipinski definition) is 7. The summed E-state index contributed by atoms with van der Waals surface area (Å²) in [5.41, 5.74) is -3.11. The van der Waals surface area contributed by atoms with E-state index in [1.54, 1.807) is 0 Å². The Kier molecular flexibility index (Phi) is 5.30. The number of methoxy groups -OCH3 is 1. The number of carboxylic acids is 1. The lowest BCUT2D eigenvalue weighted by molar-refractivity contribution is 0.0704. The molecule has 0 spiro atoms. The van der Waals surface area contributed by atoms with Gasteiger partial charge in [-0.25, -0.2) is 35.3 Å². The van der Waals surface area contributed by atoms with Crippen LogP contribution in [0.15, 0.2) is 62.5 Å². The van der Waals surface area contributed by atoms with E-state index in [1.165, 1.54) is 17.5 Å². The van der Waals surface area contributed by atoms with Gasteiger partial charge in [-0.2, -0.15) is 0 Å². The zero-order valence-corrected chi connectivity index (χ0v) is 19.6. The second kappa shape index (κ2) is 8.13. The highest BCUT2D eigenvalue weighted by Crippen LogP contribution is 2.32. The highest BCUT2D eigenvalue weighted by Gasteiger charge is 2.28. The van der Waals surface area contributed by atoms with Crippen molar-refractivity contribution in [3.05, 3.63) is 85.3 Å². The van der Waals surface area contributed by atoms with Gasteiger partial charge in [0.25, 0.3) is 15.6 Å². The van der Waals surface area contributed by atoms with Crippen LogP contribution in [0, 0.1) is 11.6 Å². The first-order valence-corrected chi connectivity index (χ1v) is 12.3. The average molecular weight is 533 g/mol. The van der Waals surface area contributed by atoms with Gasteiger partial charge in [-0.1, -0.05) is 0 Å². The summed E-state index contributed by atoms with van der Waals surface area (Å²) in [5.74, 6) is -3.76. The molecule has 0 bridgehead atoms. The fraction of sp³-hybridized carbons (Fsp3) is 0.0455. The molecule has 0 saturated heterocycles. The van der Waals surface area contributed by atoms with Gasteiger partial charge >= 0.3 is 11.7 Å². The number of aromatic amines is 1. The predicted molar refractivity (Wildman–Crippen MR) is 126 cm³/mol. The number of benzene rings is 2. The van der Waals surface area contributed by atoms with Crippen LogP contribution in [0.25, 0.3) is 27.5 Å². The Morgan fingerprint density at radius 3 is 2.58 bits per heavy atom. The number of rotatable bonds is 5. The Morgan fingerprint density at radius 2 is 1.89 bits per heavy atom. The Hall–Kier alpha value is -4.30. The maximum absolute atomic E-state index is 15.1. The van der Waals surface area contributed by atoms with Crippen LogP contribution in [-0.2, 0) is 10.0 Å². The Balaban J connectivity index is 1.82. The topological polar surface area (TPSA) is 140 Å². The van der Waals surface area contributed by atoms with E-state index in [1.807, 2.05) is 0 Å². The largest absolute Gasteiger partial charge is 0.495 e. The zero-order chi connectivity index (χ0) is 25.9. The van der Waals surface area contributed by atoms with E-state index >= 15 is 4.39 Å². The van der Waals surface area contributed by atoms with E-state index in [4.69, 9.17) is 4.74 Å². The molecule has 3 heterocycles. The smallest absolute Gasteiger partial charge is 0.346 e. The minimum atomic E-state index is -4.57. The minimum Gasteiger partial charge on any atom is -0.495 e. The van der Waals surface area contributed by atoms with E-state index in [0.717, 1.165) is 35.5 Å². The standard InChI is InChI=1S/C22H13F2N3O7S2/c1-34-16-7-12(24)15(27-20(28)18-13(25-22(27)31)9-35-19(18)21(29)30)8-17(16)36(32,33)26-5-4-10-2-3-11(23)6-14(10)26/h2-9H,1H3,(H,25,31)(H,29,30). The Labute approximate surface area is 203 Å². The van der Waals surface area contributed by atoms with Gasteiger partial charge in [0, 0.05) is 23.0 Å². The summed E-state index contributed by atoms with van der Waals surface area (Å²) in [6.45, 7) is 0. The third-order valence-corrected chi connectivity index (χ3v) is 8.16. The minimum absolute atomic E-state index is 0.0104. The summed E-state index contributed by atoms with van der Waals surface area (Å²) < 4.78 is 62.2. The molecule has 184 valence electrons. The normalized spacial score (nSPS) is 11.9. The van der Waals surface area contributed by atoms with Crippen LogP contribution in [-0.4, -0.2) is 40.1 Å². The summed E-state index contributed by atoms with van der Waals surface area (Å²) in [7, 11) is -3.48. The molecule has 0 atom stereocenters. The molecule has 2 N–H and O–H groups in total. The lowest BCUT2D eigenvalue weighted by Crippen LogP contribution is -2.34. The summed E-state index contributed by atoms with van der Waals surface area (Å²) in [4.78, 5) is 38.7. The average Bonchev–Trinajstić information content (AvgIpc) is 3.44. The molecular formula is C22H13F2N3O7S2. The molecule has 2 aromatic carbocycles. The number of carbonyl (C=O) groups is 1. The quantitative estimate of drug-likeness (QED) is 0.354. The summed E-state index contributed by atoms with van der Waals surface area (Å²) in [5, 5.41) is 10.7. The molecule has 10 nitrogen and oxygen atoms in total. The molecule has 0 aliphatic carbocycles. The molecule has 0 fully saturated rings. The molecule has 5 rings (SSSR count). The molecule has 0 aliphatic rings. The van der Waals surface area contributed by atoms with Crippen molar-refractivity contribution in [2.45, 2.75) is 4.90 Å². The van der Waals surface area contributed by atoms with Crippen LogP contribution >= 0.6 is 11.3 Å². The third kappa shape index (κ3) is 3.41. The third-order valence-electron chi connectivity index (χ3n) is 5.48. The molecule has 14 heteroatoms. The number of aromatic carboxylic acids is 1. The highest BCUT2D eigenvalue weighted by molar-refractivity contribution is 7.90. The van der Waals surface area contributed by atoms with Crippen LogP contribution in [0.1, 0.15) is 9.67 Å². The van der Waals surface area contributed by atoms with Crippen molar-refractivity contribution in [2.24, 2.45) is 0 Å². The lowest BCUT2D eigenvalue weighted by atomic mass is 10.2. The van der Waals surface area contributed by atoms with Gasteiger partial charge in [0.05, 0.1) is 29.2 Å². The number of aromatic nitrogens is 3. The van der Waals surface area contributed by atoms with Gasteiger partial charge < -0.3 is 14.8 Å². The van der Waals surface area contributed by atoms with E-state index in [9.17, 15) is 32.3 Å². The van der Waals surface area contributed by atoms with Crippen molar-refractivity contribution >= 4 is 49.1 Å². The SMILES string of the molecule is COc1cc(F)c(-n2c(=O)[nH]c3csc(C(=O)O)c3c2=O)cc1S(=O)(=O)n1ccc2ccc(F)cc21. The van der Waals surface area contributed by atoms with Gasteiger partial charge in [0.2, 0.25) is 0 Å². The molecule has 0 amide bonds. The number of nitrogens with one attached hydrogen (secondary N) is 1. The summed E-state index contributed by atoms with van der Waals surface area (Å²) in [6.07, 6.45) is 1.16. The highest BCUT2D eigenvalue weighted by atomic mass is 32.2. The van der Waals surface area contributed by atoms with Crippen molar-refractivity contribution in [3.8, 4) is 11.4 Å². The van der Waals surface area contributed by atoms with Crippen LogP contribution in [0.2, 0.25) is 0 Å². The molecule has 0 aliphatic heterocycles. The number of nitrogens with zero attached hydrogens (tertiary/aromatic N) is 2. The molecule has 3 aromatic heterocycles. The maximum Gasteiger partial charge on any atom is 0.346 e. The molecule has 0 radical (unpaired) electrons. The van der Waals surface area contributed by atoms with E-state index in [0.29, 0.717) is 27.4 Å². The first-order chi connectivity index (χ1) is 17.0. The van der Waals surface area contributed by atoms with Crippen LogP contribution in [0.3, 0.4) is 0 Å². The maximum atomic E-state index is 15.1. The van der Waals surface area contributed by atoms with E-state index in [2.05, 4.69) is 4.98 Å². The van der Waals surface area contributed by atoms with Crippen LogP contribution in [0.5, 0.6) is 5.75 Å². The molecule has 36 heavy (non-hydrogen) atoms. The lowest BCUT2D eigenvalue weighted by Gasteiger charge is -2.15. The van der Waals surface area contributed by atoms with Crippen LogP contribution < -0.4 is 16.0 Å². The van der Waals surface area contributed by atoms with Crippen molar-refractivity contribution in [3.63, 3.8) is 0 Å². The number of fused-ring (bicyclic) bond motifs is 2. The summed E-state index contributed by atoms with van der Waals surface area (Å²) >= 11 is 0.689. The van der Waals surface area contributed by atoms with Gasteiger partial charge in [-0.05, 0) is 30.3 Å². The number of carboxylic acid groups (broad SMARTS) is 1. The Morgan fingerprint density at radius 1 is 1.14 bits per heavy atom. The molecular weight excluding hydrogens is 520 g/mol. The second-order valence-corrected chi connectivity index (χ2v) is 10.2. The number of hydrogen-bond donors (Lipinski definition) is 2. The first kappa shape index (κ1) is 23.4. The molecule has 0 unspecified atom stereocenters.